The van der Waals surface area contributed by atoms with Crippen LogP contribution in [0.5, 0.6) is 0 Å². The first-order chi connectivity index (χ1) is 7.65. The van der Waals surface area contributed by atoms with E-state index in [1.807, 2.05) is 0 Å². The van der Waals surface area contributed by atoms with Crippen LogP contribution in [0.4, 0.5) is 0 Å². The third-order valence-corrected chi connectivity index (χ3v) is 3.55. The molecule has 0 radical (unpaired) electrons. The molecule has 1 saturated heterocycles. The van der Waals surface area contributed by atoms with Crippen molar-refractivity contribution in [3.8, 4) is 0 Å². The molecule has 6 heteroatoms. The van der Waals surface area contributed by atoms with Crippen LogP contribution in [0.1, 0.15) is 11.7 Å². The van der Waals surface area contributed by atoms with Crippen molar-refractivity contribution < 1.29 is 20.1 Å². The van der Waals surface area contributed by atoms with Crippen molar-refractivity contribution in [2.24, 2.45) is 0 Å². The van der Waals surface area contributed by atoms with Crippen molar-refractivity contribution >= 4 is 22.6 Å². The summed E-state index contributed by atoms with van der Waals surface area (Å²) in [6.07, 6.45) is -0.158. The Bertz CT molecular complexity index is 376. The van der Waals surface area contributed by atoms with Gasteiger partial charge in [0.1, 0.15) is 24.4 Å². The SMILES string of the molecule is OC[C@H]1O[C@H](c2ccncc2I)[C@H](O)[C@@H]1O. The van der Waals surface area contributed by atoms with E-state index in [1.54, 1.807) is 18.5 Å². The van der Waals surface area contributed by atoms with Gasteiger partial charge >= 0.3 is 0 Å². The van der Waals surface area contributed by atoms with E-state index in [-0.39, 0.29) is 6.61 Å². The van der Waals surface area contributed by atoms with Crippen molar-refractivity contribution in [3.05, 3.63) is 27.6 Å². The number of aliphatic hydroxyl groups is 3. The standard InChI is InChI=1S/C10H12INO4/c11-6-3-12-2-1-5(6)10-9(15)8(14)7(4-13)16-10/h1-3,7-10,13-15H,4H2/t7-,8-,9-,10-/m1/s1. The quantitative estimate of drug-likeness (QED) is 0.654. The van der Waals surface area contributed by atoms with Crippen LogP contribution < -0.4 is 0 Å². The van der Waals surface area contributed by atoms with Crippen LogP contribution in [0.3, 0.4) is 0 Å². The second-order valence-corrected chi connectivity index (χ2v) is 4.82. The Hall–Kier alpha value is -0.280. The first-order valence-electron chi connectivity index (χ1n) is 4.87. The third kappa shape index (κ3) is 2.07. The molecule has 0 spiro atoms. The van der Waals surface area contributed by atoms with E-state index in [2.05, 4.69) is 27.6 Å². The Morgan fingerprint density at radius 1 is 1.38 bits per heavy atom. The maximum Gasteiger partial charge on any atom is 0.113 e. The minimum Gasteiger partial charge on any atom is -0.394 e. The highest BCUT2D eigenvalue weighted by molar-refractivity contribution is 14.1. The summed E-state index contributed by atoms with van der Waals surface area (Å²) < 4.78 is 6.28. The summed E-state index contributed by atoms with van der Waals surface area (Å²) in [6, 6.07) is 1.74. The number of pyridine rings is 1. The van der Waals surface area contributed by atoms with Gasteiger partial charge in [-0.3, -0.25) is 4.98 Å². The Kier molecular flexibility index (Phi) is 3.75. The number of ether oxygens (including phenoxy) is 1. The topological polar surface area (TPSA) is 82.8 Å². The number of halogens is 1. The molecule has 4 atom stereocenters. The fraction of sp³-hybridized carbons (Fsp3) is 0.500. The van der Waals surface area contributed by atoms with Crippen LogP contribution in [0.15, 0.2) is 18.5 Å². The molecule has 0 aromatic carbocycles. The number of nitrogens with zero attached hydrogens (tertiary/aromatic N) is 1. The van der Waals surface area contributed by atoms with Gasteiger partial charge in [0, 0.05) is 16.0 Å². The highest BCUT2D eigenvalue weighted by atomic mass is 127. The van der Waals surface area contributed by atoms with E-state index in [4.69, 9.17) is 9.84 Å². The number of aliphatic hydroxyl groups excluding tert-OH is 3. The number of rotatable bonds is 2. The number of aromatic nitrogens is 1. The molecule has 3 N–H and O–H groups in total. The maximum atomic E-state index is 9.83. The van der Waals surface area contributed by atoms with E-state index in [1.165, 1.54) is 0 Å². The van der Waals surface area contributed by atoms with Gasteiger partial charge in [-0.25, -0.2) is 0 Å². The lowest BCUT2D eigenvalue weighted by atomic mass is 10.0. The molecular weight excluding hydrogens is 325 g/mol. The lowest BCUT2D eigenvalue weighted by molar-refractivity contribution is -0.0230. The summed E-state index contributed by atoms with van der Waals surface area (Å²) >= 11 is 2.09. The predicted octanol–water partition coefficient (Wildman–Crippen LogP) is -0.160. The lowest BCUT2D eigenvalue weighted by Crippen LogP contribution is -2.32. The van der Waals surface area contributed by atoms with Crippen LogP contribution >= 0.6 is 22.6 Å². The third-order valence-electron chi connectivity index (χ3n) is 2.65. The van der Waals surface area contributed by atoms with Gasteiger partial charge in [0.25, 0.3) is 0 Å². The van der Waals surface area contributed by atoms with Gasteiger partial charge in [-0.1, -0.05) is 0 Å². The number of hydrogen-bond acceptors (Lipinski definition) is 5. The van der Waals surface area contributed by atoms with Gasteiger partial charge in [0.2, 0.25) is 0 Å². The average molecular weight is 337 g/mol. The van der Waals surface area contributed by atoms with Crippen molar-refractivity contribution in [2.75, 3.05) is 6.61 Å². The Morgan fingerprint density at radius 2 is 2.12 bits per heavy atom. The summed E-state index contributed by atoms with van der Waals surface area (Å²) in [5.74, 6) is 0. The molecule has 2 rings (SSSR count). The van der Waals surface area contributed by atoms with Crippen LogP contribution in [0.25, 0.3) is 0 Å². The molecule has 88 valence electrons. The van der Waals surface area contributed by atoms with Gasteiger partial charge in [-0.05, 0) is 34.2 Å². The zero-order valence-corrected chi connectivity index (χ0v) is 10.5. The normalized spacial score (nSPS) is 34.2. The second kappa shape index (κ2) is 4.92. The van der Waals surface area contributed by atoms with E-state index < -0.39 is 24.4 Å². The molecule has 1 aromatic rings. The van der Waals surface area contributed by atoms with Crippen LogP contribution in [0, 0.1) is 3.57 Å². The van der Waals surface area contributed by atoms with Gasteiger partial charge in [-0.15, -0.1) is 0 Å². The Labute approximate surface area is 106 Å². The summed E-state index contributed by atoms with van der Waals surface area (Å²) in [4.78, 5) is 3.94. The molecule has 1 aliphatic heterocycles. The molecule has 2 heterocycles. The van der Waals surface area contributed by atoms with Crippen molar-refractivity contribution in [1.29, 1.82) is 0 Å². The largest absolute Gasteiger partial charge is 0.394 e. The minimum absolute atomic E-state index is 0.309. The van der Waals surface area contributed by atoms with Crippen molar-refractivity contribution in [1.82, 2.24) is 4.98 Å². The molecule has 16 heavy (non-hydrogen) atoms. The van der Waals surface area contributed by atoms with E-state index >= 15 is 0 Å². The average Bonchev–Trinajstić information content (AvgIpc) is 2.57. The lowest BCUT2D eigenvalue weighted by Gasteiger charge is -2.15. The van der Waals surface area contributed by atoms with Crippen LogP contribution in [0.2, 0.25) is 0 Å². The first kappa shape index (κ1) is 12.2. The highest BCUT2D eigenvalue weighted by Crippen LogP contribution is 2.35. The molecule has 0 aliphatic carbocycles. The Morgan fingerprint density at radius 3 is 2.69 bits per heavy atom. The molecule has 5 nitrogen and oxygen atoms in total. The number of hydrogen-bond donors (Lipinski definition) is 3. The summed E-state index contributed by atoms with van der Waals surface area (Å²) in [5.41, 5.74) is 0.776. The molecule has 0 bridgehead atoms. The molecule has 0 unspecified atom stereocenters. The van der Waals surface area contributed by atoms with Gasteiger partial charge in [0.15, 0.2) is 0 Å². The summed E-state index contributed by atoms with van der Waals surface area (Å²) in [5, 5.41) is 28.4. The molecule has 1 fully saturated rings. The van der Waals surface area contributed by atoms with E-state index in [0.717, 1.165) is 9.13 Å². The van der Waals surface area contributed by atoms with Gasteiger partial charge in [0.05, 0.1) is 6.61 Å². The highest BCUT2D eigenvalue weighted by Gasteiger charge is 2.43. The fourth-order valence-electron chi connectivity index (χ4n) is 1.77. The Balaban J connectivity index is 2.26. The molecule has 1 aliphatic rings. The van der Waals surface area contributed by atoms with Crippen LogP contribution in [-0.4, -0.2) is 45.2 Å². The first-order valence-corrected chi connectivity index (χ1v) is 5.95. The fourth-order valence-corrected chi connectivity index (χ4v) is 2.42. The van der Waals surface area contributed by atoms with E-state index in [9.17, 15) is 10.2 Å². The van der Waals surface area contributed by atoms with Crippen molar-refractivity contribution in [3.63, 3.8) is 0 Å². The van der Waals surface area contributed by atoms with Gasteiger partial charge in [-0.2, -0.15) is 0 Å². The van der Waals surface area contributed by atoms with E-state index in [0.29, 0.717) is 0 Å². The van der Waals surface area contributed by atoms with Crippen LogP contribution in [-0.2, 0) is 4.74 Å². The summed E-state index contributed by atoms with van der Waals surface area (Å²) in [7, 11) is 0. The maximum absolute atomic E-state index is 9.83. The molecular formula is C10H12INO4. The smallest absolute Gasteiger partial charge is 0.113 e. The molecule has 0 amide bonds. The second-order valence-electron chi connectivity index (χ2n) is 3.66. The zero-order valence-electron chi connectivity index (χ0n) is 8.32. The predicted molar refractivity (Wildman–Crippen MR) is 63.7 cm³/mol. The summed E-state index contributed by atoms with van der Waals surface area (Å²) in [6.45, 7) is -0.309. The molecule has 1 aromatic heterocycles. The van der Waals surface area contributed by atoms with Crippen molar-refractivity contribution in [2.45, 2.75) is 24.4 Å². The monoisotopic (exact) mass is 337 g/mol. The molecule has 0 saturated carbocycles. The zero-order chi connectivity index (χ0) is 11.7. The minimum atomic E-state index is -1.06. The van der Waals surface area contributed by atoms with Gasteiger partial charge < -0.3 is 20.1 Å².